The van der Waals surface area contributed by atoms with Gasteiger partial charge in [0.2, 0.25) is 0 Å². The Kier molecular flexibility index (Phi) is 4.39. The molecule has 0 amide bonds. The Hall–Kier alpha value is -1.22. The maximum Gasteiger partial charge on any atom is 0.161 e. The van der Waals surface area contributed by atoms with Crippen LogP contribution in [0.3, 0.4) is 0 Å². The molecule has 2 aliphatic rings. The van der Waals surface area contributed by atoms with E-state index >= 15 is 0 Å². The van der Waals surface area contributed by atoms with E-state index in [4.69, 9.17) is 9.47 Å². The number of benzene rings is 1. The minimum Gasteiger partial charge on any atom is -0.490 e. The highest BCUT2D eigenvalue weighted by atomic mass is 16.5. The highest BCUT2D eigenvalue weighted by Crippen LogP contribution is 2.37. The van der Waals surface area contributed by atoms with Crippen molar-refractivity contribution < 1.29 is 9.47 Å². The SMILES string of the molecule is CC(NCC1(C)CCCC1)c1ccc2c(c1)OCCCO2. The molecule has 1 aliphatic heterocycles. The fraction of sp³-hybridized carbons (Fsp3) is 0.667. The van der Waals surface area contributed by atoms with Crippen molar-refractivity contribution >= 4 is 0 Å². The van der Waals surface area contributed by atoms with E-state index in [-0.39, 0.29) is 0 Å². The van der Waals surface area contributed by atoms with Gasteiger partial charge in [0.1, 0.15) is 0 Å². The van der Waals surface area contributed by atoms with E-state index in [2.05, 4.69) is 31.3 Å². The fourth-order valence-corrected chi connectivity index (χ4v) is 3.37. The maximum absolute atomic E-state index is 5.78. The van der Waals surface area contributed by atoms with Gasteiger partial charge >= 0.3 is 0 Å². The van der Waals surface area contributed by atoms with E-state index < -0.39 is 0 Å². The highest BCUT2D eigenvalue weighted by molar-refractivity contribution is 5.44. The average Bonchev–Trinajstić information content (AvgIpc) is 2.79. The van der Waals surface area contributed by atoms with Gasteiger partial charge in [-0.05, 0) is 42.9 Å². The van der Waals surface area contributed by atoms with Gasteiger partial charge in [-0.25, -0.2) is 0 Å². The first-order valence-corrected chi connectivity index (χ1v) is 8.29. The zero-order valence-electron chi connectivity index (χ0n) is 13.3. The van der Waals surface area contributed by atoms with Crippen LogP contribution in [-0.2, 0) is 0 Å². The van der Waals surface area contributed by atoms with Gasteiger partial charge in [-0.1, -0.05) is 25.8 Å². The summed E-state index contributed by atoms with van der Waals surface area (Å²) in [7, 11) is 0. The van der Waals surface area contributed by atoms with Gasteiger partial charge < -0.3 is 14.8 Å². The molecule has 21 heavy (non-hydrogen) atoms. The molecular weight excluding hydrogens is 262 g/mol. The van der Waals surface area contributed by atoms with E-state index in [0.717, 1.165) is 37.7 Å². The molecule has 1 fully saturated rings. The molecule has 1 unspecified atom stereocenters. The smallest absolute Gasteiger partial charge is 0.161 e. The van der Waals surface area contributed by atoms with Crippen LogP contribution >= 0.6 is 0 Å². The summed E-state index contributed by atoms with van der Waals surface area (Å²) >= 11 is 0. The normalized spacial score (nSPS) is 21.8. The summed E-state index contributed by atoms with van der Waals surface area (Å²) in [4.78, 5) is 0. The Morgan fingerprint density at radius 1 is 1.10 bits per heavy atom. The van der Waals surface area contributed by atoms with Crippen LogP contribution in [0, 0.1) is 5.41 Å². The van der Waals surface area contributed by atoms with Gasteiger partial charge in [0, 0.05) is 19.0 Å². The lowest BCUT2D eigenvalue weighted by molar-refractivity contribution is 0.296. The predicted molar refractivity (Wildman–Crippen MR) is 85.0 cm³/mol. The largest absolute Gasteiger partial charge is 0.490 e. The molecule has 0 aromatic heterocycles. The Balaban J connectivity index is 1.64. The maximum atomic E-state index is 5.78. The molecule has 1 aromatic rings. The first kappa shape index (κ1) is 14.7. The molecule has 1 N–H and O–H groups in total. The Bertz CT molecular complexity index is 480. The molecule has 116 valence electrons. The average molecular weight is 289 g/mol. The Morgan fingerprint density at radius 2 is 1.81 bits per heavy atom. The number of ether oxygens (including phenoxy) is 2. The minimum absolute atomic E-state index is 0.347. The van der Waals surface area contributed by atoms with Gasteiger partial charge in [0.05, 0.1) is 13.2 Å². The summed E-state index contributed by atoms with van der Waals surface area (Å²) in [5.74, 6) is 1.77. The molecule has 0 spiro atoms. The van der Waals surface area contributed by atoms with E-state index in [1.807, 2.05) is 6.07 Å². The molecule has 1 atom stereocenters. The molecule has 0 saturated heterocycles. The summed E-state index contributed by atoms with van der Waals surface area (Å²) in [6.45, 7) is 7.24. The molecule has 0 radical (unpaired) electrons. The van der Waals surface area contributed by atoms with E-state index in [0.29, 0.717) is 11.5 Å². The van der Waals surface area contributed by atoms with Gasteiger partial charge in [0.15, 0.2) is 11.5 Å². The van der Waals surface area contributed by atoms with Crippen molar-refractivity contribution in [3.05, 3.63) is 23.8 Å². The van der Waals surface area contributed by atoms with Crippen molar-refractivity contribution in [2.24, 2.45) is 5.41 Å². The van der Waals surface area contributed by atoms with Crippen LogP contribution in [0.4, 0.5) is 0 Å². The Morgan fingerprint density at radius 3 is 2.57 bits per heavy atom. The molecule has 1 heterocycles. The van der Waals surface area contributed by atoms with Crippen LogP contribution in [0.5, 0.6) is 11.5 Å². The quantitative estimate of drug-likeness (QED) is 0.906. The van der Waals surface area contributed by atoms with Crippen molar-refractivity contribution in [2.45, 2.75) is 52.0 Å². The lowest BCUT2D eigenvalue weighted by Crippen LogP contribution is -2.31. The number of nitrogens with one attached hydrogen (secondary N) is 1. The lowest BCUT2D eigenvalue weighted by atomic mass is 9.88. The number of hydrogen-bond donors (Lipinski definition) is 1. The number of hydrogen-bond acceptors (Lipinski definition) is 3. The molecule has 3 rings (SSSR count). The van der Waals surface area contributed by atoms with Crippen LogP contribution in [0.1, 0.15) is 57.6 Å². The van der Waals surface area contributed by atoms with Crippen molar-refractivity contribution in [3.63, 3.8) is 0 Å². The van der Waals surface area contributed by atoms with Crippen molar-refractivity contribution in [3.8, 4) is 11.5 Å². The first-order chi connectivity index (χ1) is 10.2. The predicted octanol–water partition coefficient (Wildman–Crippen LogP) is 4.08. The van der Waals surface area contributed by atoms with Crippen LogP contribution in [-0.4, -0.2) is 19.8 Å². The van der Waals surface area contributed by atoms with Crippen molar-refractivity contribution in [1.29, 1.82) is 0 Å². The van der Waals surface area contributed by atoms with Crippen LogP contribution < -0.4 is 14.8 Å². The zero-order valence-corrected chi connectivity index (χ0v) is 13.3. The molecule has 3 heteroatoms. The third kappa shape index (κ3) is 3.52. The summed E-state index contributed by atoms with van der Waals surface area (Å²) in [5, 5.41) is 3.71. The highest BCUT2D eigenvalue weighted by Gasteiger charge is 2.28. The summed E-state index contributed by atoms with van der Waals surface area (Å²) in [6, 6.07) is 6.68. The zero-order chi connectivity index (χ0) is 14.7. The summed E-state index contributed by atoms with van der Waals surface area (Å²) in [5.41, 5.74) is 1.76. The Labute approximate surface area is 128 Å². The van der Waals surface area contributed by atoms with Crippen molar-refractivity contribution in [1.82, 2.24) is 5.32 Å². The number of rotatable bonds is 4. The van der Waals surface area contributed by atoms with Gasteiger partial charge in [-0.15, -0.1) is 0 Å². The molecule has 1 aliphatic carbocycles. The first-order valence-electron chi connectivity index (χ1n) is 8.29. The van der Waals surface area contributed by atoms with Gasteiger partial charge in [0.25, 0.3) is 0 Å². The van der Waals surface area contributed by atoms with Crippen molar-refractivity contribution in [2.75, 3.05) is 19.8 Å². The number of fused-ring (bicyclic) bond motifs is 1. The second-order valence-electron chi connectivity index (χ2n) is 6.88. The van der Waals surface area contributed by atoms with Gasteiger partial charge in [-0.2, -0.15) is 0 Å². The topological polar surface area (TPSA) is 30.5 Å². The van der Waals surface area contributed by atoms with Gasteiger partial charge in [-0.3, -0.25) is 0 Å². The third-order valence-corrected chi connectivity index (χ3v) is 4.92. The fourth-order valence-electron chi connectivity index (χ4n) is 3.37. The molecular formula is C18H27NO2. The van der Waals surface area contributed by atoms with Crippen LogP contribution in [0.2, 0.25) is 0 Å². The second kappa shape index (κ2) is 6.27. The molecule has 1 aromatic carbocycles. The summed E-state index contributed by atoms with van der Waals surface area (Å²) < 4.78 is 11.5. The molecule has 1 saturated carbocycles. The molecule has 0 bridgehead atoms. The van der Waals surface area contributed by atoms with E-state index in [9.17, 15) is 0 Å². The standard InChI is InChI=1S/C18H27NO2/c1-14(19-13-18(2)8-3-4-9-18)15-6-7-16-17(12-15)21-11-5-10-20-16/h6-7,12,14,19H,3-5,8-11,13H2,1-2H3. The van der Waals surface area contributed by atoms with Crippen LogP contribution in [0.25, 0.3) is 0 Å². The van der Waals surface area contributed by atoms with Crippen LogP contribution in [0.15, 0.2) is 18.2 Å². The van der Waals surface area contributed by atoms with E-state index in [1.165, 1.54) is 31.2 Å². The third-order valence-electron chi connectivity index (χ3n) is 4.92. The van der Waals surface area contributed by atoms with E-state index in [1.54, 1.807) is 0 Å². The monoisotopic (exact) mass is 289 g/mol. The summed E-state index contributed by atoms with van der Waals surface area (Å²) in [6.07, 6.45) is 6.44. The second-order valence-corrected chi connectivity index (χ2v) is 6.88. The lowest BCUT2D eigenvalue weighted by Gasteiger charge is -2.26. The minimum atomic E-state index is 0.347. The molecule has 3 nitrogen and oxygen atoms in total.